The van der Waals surface area contributed by atoms with Gasteiger partial charge in [-0.1, -0.05) is 5.16 Å². The third-order valence-corrected chi connectivity index (χ3v) is 3.69. The molecule has 82 valence electrons. The molecule has 3 saturated heterocycles. The number of hydrogen-bond donors (Lipinski definition) is 1. The minimum Gasteiger partial charge on any atom is -0.364 e. The van der Waals surface area contributed by atoms with Crippen LogP contribution >= 0.6 is 0 Å². The van der Waals surface area contributed by atoms with Gasteiger partial charge in [0.25, 0.3) is 0 Å². The van der Waals surface area contributed by atoms with Gasteiger partial charge in [0.1, 0.15) is 6.26 Å². The smallest absolute Gasteiger partial charge is 0.124 e. The topological polar surface area (TPSA) is 41.3 Å². The monoisotopic (exact) mass is 207 g/mol. The summed E-state index contributed by atoms with van der Waals surface area (Å²) < 4.78 is 4.82. The lowest BCUT2D eigenvalue weighted by atomic mass is 9.84. The van der Waals surface area contributed by atoms with E-state index in [0.29, 0.717) is 6.04 Å². The van der Waals surface area contributed by atoms with Gasteiger partial charge in [-0.15, -0.1) is 0 Å². The number of rotatable bonds is 3. The molecule has 1 N–H and O–H groups in total. The standard InChI is InChI=1S/C11H17N3O/c1-4-14-5-2-9(1)11(8-14)12-7-10-3-6-15-13-10/h3,6,9,11-12H,1-2,4-5,7-8H2. The quantitative estimate of drug-likeness (QED) is 0.798. The second-order valence-electron chi connectivity index (χ2n) is 4.62. The molecule has 0 aromatic carbocycles. The lowest BCUT2D eigenvalue weighted by Crippen LogP contribution is -2.55. The van der Waals surface area contributed by atoms with Crippen LogP contribution in [0.5, 0.6) is 0 Å². The van der Waals surface area contributed by atoms with Crippen molar-refractivity contribution in [1.82, 2.24) is 15.4 Å². The predicted octanol–water partition coefficient (Wildman–Crippen LogP) is 0.858. The summed E-state index contributed by atoms with van der Waals surface area (Å²) in [7, 11) is 0. The fourth-order valence-electron chi connectivity index (χ4n) is 2.76. The van der Waals surface area contributed by atoms with Crippen LogP contribution in [0.1, 0.15) is 18.5 Å². The normalized spacial score (nSPS) is 34.5. The third kappa shape index (κ3) is 1.92. The van der Waals surface area contributed by atoms with E-state index >= 15 is 0 Å². The fourth-order valence-corrected chi connectivity index (χ4v) is 2.76. The van der Waals surface area contributed by atoms with Gasteiger partial charge in [0.15, 0.2) is 0 Å². The molecule has 4 nitrogen and oxygen atoms in total. The highest BCUT2D eigenvalue weighted by Crippen LogP contribution is 2.27. The first-order valence-electron chi connectivity index (χ1n) is 5.77. The van der Waals surface area contributed by atoms with Crippen molar-refractivity contribution in [2.24, 2.45) is 5.92 Å². The van der Waals surface area contributed by atoms with Crippen LogP contribution in [0, 0.1) is 5.92 Å². The maximum Gasteiger partial charge on any atom is 0.124 e. The van der Waals surface area contributed by atoms with Gasteiger partial charge in [-0.2, -0.15) is 0 Å². The van der Waals surface area contributed by atoms with Crippen molar-refractivity contribution in [2.45, 2.75) is 25.4 Å². The molecule has 0 radical (unpaired) electrons. The molecule has 0 amide bonds. The summed E-state index contributed by atoms with van der Waals surface area (Å²) in [5, 5.41) is 7.50. The van der Waals surface area contributed by atoms with Crippen molar-refractivity contribution in [3.63, 3.8) is 0 Å². The van der Waals surface area contributed by atoms with Crippen LogP contribution in [0.4, 0.5) is 0 Å². The maximum atomic E-state index is 4.82. The van der Waals surface area contributed by atoms with Crippen molar-refractivity contribution in [1.29, 1.82) is 0 Å². The first kappa shape index (κ1) is 9.36. The SMILES string of the molecule is c1cc(CNC2CN3CCC2CC3)no1. The highest BCUT2D eigenvalue weighted by molar-refractivity contribution is 4.97. The van der Waals surface area contributed by atoms with Gasteiger partial charge in [0, 0.05) is 25.2 Å². The lowest BCUT2D eigenvalue weighted by Gasteiger charge is -2.45. The Morgan fingerprint density at radius 2 is 2.33 bits per heavy atom. The maximum absolute atomic E-state index is 4.82. The number of piperidine rings is 3. The van der Waals surface area contributed by atoms with Crippen LogP contribution in [0.15, 0.2) is 16.9 Å². The van der Waals surface area contributed by atoms with Crippen LogP contribution in [0.2, 0.25) is 0 Å². The number of nitrogens with zero attached hydrogens (tertiary/aromatic N) is 2. The number of hydrogen-bond acceptors (Lipinski definition) is 4. The van der Waals surface area contributed by atoms with Crippen LogP contribution in [0.25, 0.3) is 0 Å². The zero-order chi connectivity index (χ0) is 10.1. The van der Waals surface area contributed by atoms with E-state index in [2.05, 4.69) is 15.4 Å². The van der Waals surface area contributed by atoms with Gasteiger partial charge < -0.3 is 14.7 Å². The van der Waals surface area contributed by atoms with Gasteiger partial charge in [0.05, 0.1) is 5.69 Å². The Morgan fingerprint density at radius 3 is 2.93 bits per heavy atom. The molecule has 4 rings (SSSR count). The first-order chi connectivity index (χ1) is 7.42. The van der Waals surface area contributed by atoms with Gasteiger partial charge in [-0.3, -0.25) is 0 Å². The van der Waals surface area contributed by atoms with Crippen LogP contribution in [-0.2, 0) is 6.54 Å². The molecule has 4 heterocycles. The molecule has 1 aromatic heterocycles. The summed E-state index contributed by atoms with van der Waals surface area (Å²) in [6, 6.07) is 2.58. The summed E-state index contributed by atoms with van der Waals surface area (Å²) in [6.07, 6.45) is 4.35. The summed E-state index contributed by atoms with van der Waals surface area (Å²) in [5.74, 6) is 0.877. The third-order valence-electron chi connectivity index (χ3n) is 3.69. The second-order valence-corrected chi connectivity index (χ2v) is 4.62. The molecule has 0 spiro atoms. The number of nitrogens with one attached hydrogen (secondary N) is 1. The van der Waals surface area contributed by atoms with E-state index in [-0.39, 0.29) is 0 Å². The predicted molar refractivity (Wildman–Crippen MR) is 56.3 cm³/mol. The minimum absolute atomic E-state index is 0.657. The van der Waals surface area contributed by atoms with Gasteiger partial charge in [-0.05, 0) is 31.8 Å². The van der Waals surface area contributed by atoms with Gasteiger partial charge in [0.2, 0.25) is 0 Å². The highest BCUT2D eigenvalue weighted by atomic mass is 16.5. The van der Waals surface area contributed by atoms with Crippen LogP contribution in [0.3, 0.4) is 0 Å². The molecule has 3 fully saturated rings. The van der Waals surface area contributed by atoms with Crippen molar-refractivity contribution >= 4 is 0 Å². The molecular weight excluding hydrogens is 190 g/mol. The van der Waals surface area contributed by atoms with Crippen molar-refractivity contribution in [2.75, 3.05) is 19.6 Å². The molecule has 15 heavy (non-hydrogen) atoms. The molecule has 3 aliphatic rings. The molecular formula is C11H17N3O. The van der Waals surface area contributed by atoms with Crippen molar-refractivity contribution < 1.29 is 4.52 Å². The molecule has 0 saturated carbocycles. The zero-order valence-electron chi connectivity index (χ0n) is 8.85. The molecule has 1 atom stereocenters. The van der Waals surface area contributed by atoms with E-state index in [9.17, 15) is 0 Å². The van der Waals surface area contributed by atoms with E-state index in [4.69, 9.17) is 4.52 Å². The summed E-state index contributed by atoms with van der Waals surface area (Å²) in [5.41, 5.74) is 1.01. The lowest BCUT2D eigenvalue weighted by molar-refractivity contribution is 0.0717. The first-order valence-corrected chi connectivity index (χ1v) is 5.77. The second kappa shape index (κ2) is 3.94. The molecule has 3 aliphatic heterocycles. The van der Waals surface area contributed by atoms with Crippen molar-refractivity contribution in [3.8, 4) is 0 Å². The number of aromatic nitrogens is 1. The Kier molecular flexibility index (Phi) is 2.46. The minimum atomic E-state index is 0.657. The van der Waals surface area contributed by atoms with Gasteiger partial charge in [-0.25, -0.2) is 0 Å². The van der Waals surface area contributed by atoms with E-state index in [1.165, 1.54) is 32.5 Å². The van der Waals surface area contributed by atoms with E-state index < -0.39 is 0 Å². The van der Waals surface area contributed by atoms with Crippen LogP contribution < -0.4 is 5.32 Å². The number of fused-ring (bicyclic) bond motifs is 3. The molecule has 2 bridgehead atoms. The Hall–Kier alpha value is -0.870. The Morgan fingerprint density at radius 1 is 1.47 bits per heavy atom. The highest BCUT2D eigenvalue weighted by Gasteiger charge is 2.33. The fraction of sp³-hybridized carbons (Fsp3) is 0.727. The van der Waals surface area contributed by atoms with Gasteiger partial charge >= 0.3 is 0 Å². The average molecular weight is 207 g/mol. The molecule has 0 aliphatic carbocycles. The summed E-state index contributed by atoms with van der Waals surface area (Å²) in [4.78, 5) is 2.56. The molecule has 4 heteroatoms. The molecule has 1 aromatic rings. The Balaban J connectivity index is 1.55. The largest absolute Gasteiger partial charge is 0.364 e. The zero-order valence-corrected chi connectivity index (χ0v) is 8.85. The molecule has 1 unspecified atom stereocenters. The Labute approximate surface area is 89.6 Å². The summed E-state index contributed by atoms with van der Waals surface area (Å²) >= 11 is 0. The average Bonchev–Trinajstić information content (AvgIpc) is 2.81. The van der Waals surface area contributed by atoms with Crippen LogP contribution in [-0.4, -0.2) is 35.7 Å². The Bertz CT molecular complexity index is 304. The van der Waals surface area contributed by atoms with E-state index in [1.54, 1.807) is 6.26 Å². The van der Waals surface area contributed by atoms with E-state index in [0.717, 1.165) is 18.2 Å². The van der Waals surface area contributed by atoms with E-state index in [1.807, 2.05) is 6.07 Å². The summed E-state index contributed by atoms with van der Waals surface area (Å²) in [6.45, 7) is 4.65. The van der Waals surface area contributed by atoms with Crippen molar-refractivity contribution in [3.05, 3.63) is 18.0 Å².